The van der Waals surface area contributed by atoms with E-state index >= 15 is 0 Å². The van der Waals surface area contributed by atoms with E-state index in [4.69, 9.17) is 9.15 Å². The van der Waals surface area contributed by atoms with Gasteiger partial charge in [0.1, 0.15) is 17.3 Å². The van der Waals surface area contributed by atoms with Crippen LogP contribution in [0.5, 0.6) is 5.75 Å². The highest BCUT2D eigenvalue weighted by Crippen LogP contribution is 2.31. The number of fused-ring (bicyclic) bond motifs is 1. The Labute approximate surface area is 188 Å². The molecule has 0 aliphatic carbocycles. The van der Waals surface area contributed by atoms with Crippen LogP contribution in [0, 0.1) is 5.92 Å². The highest BCUT2D eigenvalue weighted by molar-refractivity contribution is 5.95. The molecule has 0 bridgehead atoms. The molecule has 1 N–H and O–H groups in total. The predicted molar refractivity (Wildman–Crippen MR) is 124 cm³/mol. The molecule has 2 amide bonds. The number of hydrogen-bond donors (Lipinski definition) is 1. The molecule has 0 unspecified atom stereocenters. The zero-order valence-electron chi connectivity index (χ0n) is 18.7. The van der Waals surface area contributed by atoms with Crippen molar-refractivity contribution in [3.63, 3.8) is 0 Å². The highest BCUT2D eigenvalue weighted by Gasteiger charge is 2.25. The molecule has 166 valence electrons. The topological polar surface area (TPSA) is 71.8 Å². The fraction of sp³-hybridized carbons (Fsp3) is 0.308. The van der Waals surface area contributed by atoms with E-state index in [1.807, 2.05) is 61.2 Å². The van der Waals surface area contributed by atoms with Crippen molar-refractivity contribution < 1.29 is 18.7 Å². The monoisotopic (exact) mass is 432 g/mol. The number of ether oxygens (including phenoxy) is 1. The smallest absolute Gasteiger partial charge is 0.254 e. The second-order valence-corrected chi connectivity index (χ2v) is 8.49. The molecule has 2 heterocycles. The van der Waals surface area contributed by atoms with Gasteiger partial charge in [-0.05, 0) is 42.3 Å². The Kier molecular flexibility index (Phi) is 6.30. The summed E-state index contributed by atoms with van der Waals surface area (Å²) in [5.74, 6) is 2.60. The molecule has 0 saturated carbocycles. The first-order chi connectivity index (χ1) is 15.4. The van der Waals surface area contributed by atoms with Crippen LogP contribution in [0.1, 0.15) is 41.9 Å². The van der Waals surface area contributed by atoms with Crippen LogP contribution in [0.15, 0.2) is 59.0 Å². The van der Waals surface area contributed by atoms with Crippen molar-refractivity contribution in [2.75, 3.05) is 19.0 Å². The molecule has 0 spiro atoms. The van der Waals surface area contributed by atoms with Gasteiger partial charge in [0.05, 0.1) is 7.11 Å². The first-order valence-electron chi connectivity index (χ1n) is 10.9. The van der Waals surface area contributed by atoms with Gasteiger partial charge in [0, 0.05) is 48.3 Å². The lowest BCUT2D eigenvalue weighted by Gasteiger charge is -2.26. The highest BCUT2D eigenvalue weighted by atomic mass is 16.5. The lowest BCUT2D eigenvalue weighted by molar-refractivity contribution is -0.116. The van der Waals surface area contributed by atoms with Gasteiger partial charge in [-0.2, -0.15) is 0 Å². The predicted octanol–water partition coefficient (Wildman–Crippen LogP) is 5.14. The maximum atomic E-state index is 13.0. The minimum absolute atomic E-state index is 0.00239. The minimum Gasteiger partial charge on any atom is -0.497 e. The van der Waals surface area contributed by atoms with Crippen molar-refractivity contribution in [1.29, 1.82) is 0 Å². The number of amides is 2. The fourth-order valence-electron chi connectivity index (χ4n) is 3.92. The van der Waals surface area contributed by atoms with Crippen molar-refractivity contribution in [2.45, 2.75) is 33.2 Å². The van der Waals surface area contributed by atoms with Crippen molar-refractivity contribution in [3.8, 4) is 17.1 Å². The van der Waals surface area contributed by atoms with Gasteiger partial charge < -0.3 is 19.4 Å². The first kappa shape index (κ1) is 21.7. The Hall–Kier alpha value is -3.54. The van der Waals surface area contributed by atoms with E-state index in [0.717, 1.165) is 28.3 Å². The van der Waals surface area contributed by atoms with Gasteiger partial charge in [0.2, 0.25) is 5.91 Å². The average Bonchev–Trinajstić information content (AvgIpc) is 3.21. The number of furan rings is 1. The van der Waals surface area contributed by atoms with Crippen molar-refractivity contribution in [1.82, 2.24) is 4.90 Å². The van der Waals surface area contributed by atoms with E-state index in [1.54, 1.807) is 19.2 Å². The number of carbonyl (C=O) groups is 2. The third-order valence-corrected chi connectivity index (χ3v) is 5.50. The molecule has 6 nitrogen and oxygen atoms in total. The fourth-order valence-corrected chi connectivity index (χ4v) is 3.92. The van der Waals surface area contributed by atoms with Crippen LogP contribution >= 0.6 is 0 Å². The molecule has 3 aromatic rings. The van der Waals surface area contributed by atoms with Crippen LogP contribution in [0.3, 0.4) is 0 Å². The molecule has 1 aliphatic rings. The molecule has 2 aromatic carbocycles. The van der Waals surface area contributed by atoms with Gasteiger partial charge in [-0.15, -0.1) is 0 Å². The van der Waals surface area contributed by atoms with Crippen LogP contribution in [0.2, 0.25) is 0 Å². The zero-order valence-corrected chi connectivity index (χ0v) is 18.7. The third kappa shape index (κ3) is 4.85. The largest absolute Gasteiger partial charge is 0.497 e. The van der Waals surface area contributed by atoms with Crippen molar-refractivity contribution >= 4 is 17.5 Å². The SMILES string of the molecule is COc1cccc(C(=O)N2CCc3oc(-c4cccc(NC(=O)CC(C)C)c4)cc3C2)c1. The first-order valence-corrected chi connectivity index (χ1v) is 10.9. The number of rotatable bonds is 6. The standard InChI is InChI=1S/C26H28N2O4/c1-17(2)12-25(29)27-21-8-4-6-18(13-21)24-15-20-16-28(11-10-23(20)32-24)26(30)19-7-5-9-22(14-19)31-3/h4-9,13-15,17H,10-12,16H2,1-3H3,(H,27,29). The normalized spacial score (nSPS) is 13.1. The summed E-state index contributed by atoms with van der Waals surface area (Å²) < 4.78 is 11.4. The molecule has 32 heavy (non-hydrogen) atoms. The third-order valence-electron chi connectivity index (χ3n) is 5.50. The van der Waals surface area contributed by atoms with Gasteiger partial charge in [0.15, 0.2) is 0 Å². The van der Waals surface area contributed by atoms with Crippen molar-refractivity contribution in [3.05, 3.63) is 71.5 Å². The average molecular weight is 433 g/mol. The summed E-state index contributed by atoms with van der Waals surface area (Å²) in [7, 11) is 1.59. The van der Waals surface area contributed by atoms with E-state index in [2.05, 4.69) is 5.32 Å². The van der Waals surface area contributed by atoms with Crippen LogP contribution in [0.4, 0.5) is 5.69 Å². The number of nitrogens with zero attached hydrogens (tertiary/aromatic N) is 1. The lowest BCUT2D eigenvalue weighted by Crippen LogP contribution is -2.35. The molecule has 6 heteroatoms. The quantitative estimate of drug-likeness (QED) is 0.586. The number of benzene rings is 2. The maximum absolute atomic E-state index is 13.0. The summed E-state index contributed by atoms with van der Waals surface area (Å²) >= 11 is 0. The van der Waals surface area contributed by atoms with E-state index in [1.165, 1.54) is 0 Å². The molecule has 0 fully saturated rings. The van der Waals surface area contributed by atoms with Crippen molar-refractivity contribution in [2.24, 2.45) is 5.92 Å². The van der Waals surface area contributed by atoms with Crippen LogP contribution in [0.25, 0.3) is 11.3 Å². The molecule has 4 rings (SSSR count). The number of hydrogen-bond acceptors (Lipinski definition) is 4. The van der Waals surface area contributed by atoms with E-state index in [0.29, 0.717) is 43.2 Å². The summed E-state index contributed by atoms with van der Waals surface area (Å²) in [6, 6.07) is 16.9. The van der Waals surface area contributed by atoms with Gasteiger partial charge in [-0.3, -0.25) is 9.59 Å². The second kappa shape index (κ2) is 9.30. The van der Waals surface area contributed by atoms with E-state index in [-0.39, 0.29) is 11.8 Å². The van der Waals surface area contributed by atoms with Gasteiger partial charge in [-0.25, -0.2) is 0 Å². The summed E-state index contributed by atoms with van der Waals surface area (Å²) in [5.41, 5.74) is 3.27. The number of methoxy groups -OCH3 is 1. The number of carbonyl (C=O) groups excluding carboxylic acids is 2. The molecular formula is C26H28N2O4. The summed E-state index contributed by atoms with van der Waals surface area (Å²) in [5, 5.41) is 2.95. The van der Waals surface area contributed by atoms with Gasteiger partial charge >= 0.3 is 0 Å². The Balaban J connectivity index is 1.49. The molecular weight excluding hydrogens is 404 g/mol. The number of nitrogens with one attached hydrogen (secondary N) is 1. The van der Waals surface area contributed by atoms with Gasteiger partial charge in [-0.1, -0.05) is 32.0 Å². The molecule has 1 aromatic heterocycles. The summed E-state index contributed by atoms with van der Waals surface area (Å²) in [4.78, 5) is 26.9. The Morgan fingerprint density at radius 3 is 2.72 bits per heavy atom. The number of anilines is 1. The zero-order chi connectivity index (χ0) is 22.7. The van der Waals surface area contributed by atoms with E-state index < -0.39 is 0 Å². The summed E-state index contributed by atoms with van der Waals surface area (Å²) in [6.07, 6.45) is 1.15. The maximum Gasteiger partial charge on any atom is 0.254 e. The Morgan fingerprint density at radius 2 is 1.94 bits per heavy atom. The van der Waals surface area contributed by atoms with E-state index in [9.17, 15) is 9.59 Å². The molecule has 0 radical (unpaired) electrons. The van der Waals surface area contributed by atoms with Crippen LogP contribution in [-0.2, 0) is 17.8 Å². The van der Waals surface area contributed by atoms with Gasteiger partial charge in [0.25, 0.3) is 5.91 Å². The molecule has 0 saturated heterocycles. The molecule has 0 atom stereocenters. The Morgan fingerprint density at radius 1 is 1.12 bits per heavy atom. The van der Waals surface area contributed by atoms with Crippen LogP contribution < -0.4 is 10.1 Å². The lowest BCUT2D eigenvalue weighted by atomic mass is 10.1. The second-order valence-electron chi connectivity index (χ2n) is 8.49. The molecule has 1 aliphatic heterocycles. The minimum atomic E-state index is -0.0211. The Bertz CT molecular complexity index is 1130. The summed E-state index contributed by atoms with van der Waals surface area (Å²) in [6.45, 7) is 5.14. The van der Waals surface area contributed by atoms with Crippen LogP contribution in [-0.4, -0.2) is 30.4 Å².